The Morgan fingerprint density at radius 3 is 2.65 bits per heavy atom. The molecule has 2 aliphatic rings. The third-order valence-corrected chi connectivity index (χ3v) is 5.47. The van der Waals surface area contributed by atoms with Crippen molar-refractivity contribution in [2.45, 2.75) is 44.1 Å². The third kappa shape index (κ3) is 3.66. The molecule has 23 heavy (non-hydrogen) atoms. The summed E-state index contributed by atoms with van der Waals surface area (Å²) < 4.78 is 0. The van der Waals surface area contributed by atoms with Gasteiger partial charge in [-0.15, -0.1) is 6.58 Å². The van der Waals surface area contributed by atoms with Gasteiger partial charge in [-0.25, -0.2) is 0 Å². The number of carbonyl (C=O) groups is 1. The van der Waals surface area contributed by atoms with Crippen LogP contribution >= 0.6 is 0 Å². The quantitative estimate of drug-likeness (QED) is 0.779. The van der Waals surface area contributed by atoms with Gasteiger partial charge in [0.15, 0.2) is 0 Å². The number of likely N-dealkylation sites (tertiary alicyclic amines) is 2. The molecule has 1 spiro atoms. The highest BCUT2D eigenvalue weighted by molar-refractivity contribution is 5.76. The molecule has 0 N–H and O–H groups in total. The van der Waals surface area contributed by atoms with Crippen LogP contribution in [0.5, 0.6) is 0 Å². The van der Waals surface area contributed by atoms with Gasteiger partial charge in [-0.1, -0.05) is 36.4 Å². The van der Waals surface area contributed by atoms with E-state index in [9.17, 15) is 4.79 Å². The van der Waals surface area contributed by atoms with E-state index in [1.54, 1.807) is 0 Å². The number of benzene rings is 1. The zero-order valence-corrected chi connectivity index (χ0v) is 14.0. The minimum Gasteiger partial charge on any atom is -0.341 e. The van der Waals surface area contributed by atoms with E-state index in [1.807, 2.05) is 24.3 Å². The van der Waals surface area contributed by atoms with Gasteiger partial charge < -0.3 is 4.90 Å². The molecule has 0 saturated carbocycles. The Hall–Kier alpha value is -1.61. The average molecular weight is 312 g/mol. The van der Waals surface area contributed by atoms with Crippen molar-refractivity contribution in [2.75, 3.05) is 26.2 Å². The summed E-state index contributed by atoms with van der Waals surface area (Å²) in [5, 5.41) is 0. The number of nitrogens with zero attached hydrogens (tertiary/aromatic N) is 2. The summed E-state index contributed by atoms with van der Waals surface area (Å²) in [7, 11) is 0. The second-order valence-corrected chi connectivity index (χ2v) is 6.97. The molecule has 3 nitrogen and oxygen atoms in total. The van der Waals surface area contributed by atoms with E-state index < -0.39 is 0 Å². The van der Waals surface area contributed by atoms with Crippen LogP contribution in [0.25, 0.3) is 0 Å². The summed E-state index contributed by atoms with van der Waals surface area (Å²) in [5.41, 5.74) is 1.47. The highest BCUT2D eigenvalue weighted by Gasteiger charge is 2.44. The first-order chi connectivity index (χ1) is 11.2. The smallest absolute Gasteiger partial charge is 0.222 e. The van der Waals surface area contributed by atoms with Crippen LogP contribution in [0, 0.1) is 0 Å². The molecular weight excluding hydrogens is 284 g/mol. The molecule has 0 radical (unpaired) electrons. The summed E-state index contributed by atoms with van der Waals surface area (Å²) in [6, 6.07) is 10.3. The lowest BCUT2D eigenvalue weighted by Gasteiger charge is -2.46. The molecule has 2 heterocycles. The summed E-state index contributed by atoms with van der Waals surface area (Å²) in [5.74, 6) is 0.318. The van der Waals surface area contributed by atoms with Gasteiger partial charge >= 0.3 is 0 Å². The lowest BCUT2D eigenvalue weighted by atomic mass is 9.86. The Morgan fingerprint density at radius 2 is 1.91 bits per heavy atom. The van der Waals surface area contributed by atoms with E-state index in [2.05, 4.69) is 28.5 Å². The van der Waals surface area contributed by atoms with E-state index in [0.717, 1.165) is 39.0 Å². The van der Waals surface area contributed by atoms with Gasteiger partial charge in [0.25, 0.3) is 0 Å². The van der Waals surface area contributed by atoms with Gasteiger partial charge in [-0.05, 0) is 44.2 Å². The minimum atomic E-state index is 0.217. The Balaban J connectivity index is 1.59. The van der Waals surface area contributed by atoms with Crippen LogP contribution < -0.4 is 0 Å². The largest absolute Gasteiger partial charge is 0.341 e. The van der Waals surface area contributed by atoms with E-state index in [1.165, 1.54) is 24.8 Å². The predicted octanol–water partition coefficient (Wildman–Crippen LogP) is 3.26. The molecule has 2 fully saturated rings. The minimum absolute atomic E-state index is 0.217. The number of hydrogen-bond acceptors (Lipinski definition) is 2. The first kappa shape index (κ1) is 16.3. The highest BCUT2D eigenvalue weighted by atomic mass is 16.2. The lowest BCUT2D eigenvalue weighted by molar-refractivity contribution is -0.134. The first-order valence-electron chi connectivity index (χ1n) is 8.91. The standard InChI is InChI=1S/C20H28N2O/c1-2-14-22-16-7-13-20(22)12-6-15-21(17-20)19(23)11-10-18-8-4-3-5-9-18/h2-5,8-9H,1,6-7,10-17H2/t20-/m1/s1. The molecule has 1 aromatic rings. The fourth-order valence-corrected chi connectivity index (χ4v) is 4.28. The molecule has 1 amide bonds. The molecule has 0 unspecified atom stereocenters. The van der Waals surface area contributed by atoms with Crippen LogP contribution in [0.4, 0.5) is 0 Å². The van der Waals surface area contributed by atoms with Crippen molar-refractivity contribution in [3.8, 4) is 0 Å². The second-order valence-electron chi connectivity index (χ2n) is 6.97. The Kier molecular flexibility index (Phi) is 5.16. The number of carbonyl (C=O) groups excluding carboxylic acids is 1. The molecule has 3 rings (SSSR count). The Labute approximate surface area is 140 Å². The van der Waals surface area contributed by atoms with Crippen LogP contribution in [0.3, 0.4) is 0 Å². The van der Waals surface area contributed by atoms with Gasteiger partial charge in [-0.2, -0.15) is 0 Å². The maximum atomic E-state index is 12.7. The van der Waals surface area contributed by atoms with Gasteiger partial charge in [0.05, 0.1) is 0 Å². The highest BCUT2D eigenvalue weighted by Crippen LogP contribution is 2.37. The summed E-state index contributed by atoms with van der Waals surface area (Å²) in [6.45, 7) is 7.84. The molecule has 1 atom stereocenters. The zero-order chi connectivity index (χ0) is 16.1. The number of rotatable bonds is 5. The predicted molar refractivity (Wildman–Crippen MR) is 94.3 cm³/mol. The Morgan fingerprint density at radius 1 is 1.17 bits per heavy atom. The maximum Gasteiger partial charge on any atom is 0.222 e. The number of piperidine rings is 1. The van der Waals surface area contributed by atoms with Crippen LogP contribution in [0.1, 0.15) is 37.7 Å². The van der Waals surface area contributed by atoms with Crippen molar-refractivity contribution in [1.82, 2.24) is 9.80 Å². The zero-order valence-electron chi connectivity index (χ0n) is 14.0. The molecular formula is C20H28N2O. The summed E-state index contributed by atoms with van der Waals surface area (Å²) in [4.78, 5) is 17.3. The molecule has 0 bridgehead atoms. The van der Waals surface area contributed by atoms with Gasteiger partial charge in [0.2, 0.25) is 5.91 Å². The first-order valence-corrected chi connectivity index (χ1v) is 8.91. The second kappa shape index (κ2) is 7.31. The molecule has 2 aliphatic heterocycles. The molecule has 3 heteroatoms. The van der Waals surface area contributed by atoms with E-state index in [0.29, 0.717) is 12.3 Å². The molecule has 0 aromatic heterocycles. The van der Waals surface area contributed by atoms with Crippen molar-refractivity contribution in [1.29, 1.82) is 0 Å². The van der Waals surface area contributed by atoms with Gasteiger partial charge in [0.1, 0.15) is 0 Å². The van der Waals surface area contributed by atoms with Crippen molar-refractivity contribution < 1.29 is 4.79 Å². The number of amides is 1. The number of hydrogen-bond donors (Lipinski definition) is 0. The lowest BCUT2D eigenvalue weighted by Crippen LogP contribution is -2.56. The molecule has 0 aliphatic carbocycles. The van der Waals surface area contributed by atoms with Gasteiger partial charge in [-0.3, -0.25) is 9.69 Å². The fourth-order valence-electron chi connectivity index (χ4n) is 4.28. The molecule has 2 saturated heterocycles. The van der Waals surface area contributed by atoms with E-state index in [4.69, 9.17) is 0 Å². The Bertz CT molecular complexity index is 542. The van der Waals surface area contributed by atoms with Crippen LogP contribution in [0.15, 0.2) is 43.0 Å². The van der Waals surface area contributed by atoms with E-state index >= 15 is 0 Å². The normalized spacial score (nSPS) is 25.0. The summed E-state index contributed by atoms with van der Waals surface area (Å²) in [6.07, 6.45) is 8.31. The maximum absolute atomic E-state index is 12.7. The van der Waals surface area contributed by atoms with Gasteiger partial charge in [0, 0.05) is 31.6 Å². The van der Waals surface area contributed by atoms with Crippen LogP contribution in [-0.2, 0) is 11.2 Å². The topological polar surface area (TPSA) is 23.6 Å². The monoisotopic (exact) mass is 312 g/mol. The van der Waals surface area contributed by atoms with Crippen LogP contribution in [-0.4, -0.2) is 47.4 Å². The molecule has 124 valence electrons. The number of aryl methyl sites for hydroxylation is 1. The third-order valence-electron chi connectivity index (χ3n) is 5.47. The van der Waals surface area contributed by atoms with Crippen molar-refractivity contribution in [3.05, 3.63) is 48.6 Å². The van der Waals surface area contributed by atoms with Crippen molar-refractivity contribution in [2.24, 2.45) is 0 Å². The summed E-state index contributed by atoms with van der Waals surface area (Å²) >= 11 is 0. The van der Waals surface area contributed by atoms with Crippen molar-refractivity contribution >= 4 is 5.91 Å². The fraction of sp³-hybridized carbons (Fsp3) is 0.550. The van der Waals surface area contributed by atoms with Crippen LogP contribution in [0.2, 0.25) is 0 Å². The average Bonchev–Trinajstić information content (AvgIpc) is 2.96. The van der Waals surface area contributed by atoms with Crippen molar-refractivity contribution in [3.63, 3.8) is 0 Å². The SMILES string of the molecule is C=CCN1CCC[C@@]12CCCN(C(=O)CCc1ccccc1)C2. The molecule has 1 aromatic carbocycles. The van der Waals surface area contributed by atoms with E-state index in [-0.39, 0.29) is 5.54 Å².